The van der Waals surface area contributed by atoms with E-state index in [1.807, 2.05) is 6.92 Å². The Kier molecular flexibility index (Phi) is 6.35. The fourth-order valence-corrected chi connectivity index (χ4v) is 1.00. The number of likely N-dealkylation sites (N-methyl/N-ethyl adjacent to an activating group) is 1. The van der Waals surface area contributed by atoms with Gasteiger partial charge in [-0.3, -0.25) is 9.69 Å². The molecule has 0 heterocycles. The zero-order valence-electron chi connectivity index (χ0n) is 9.47. The lowest BCUT2D eigenvalue weighted by Gasteiger charge is -2.17. The van der Waals surface area contributed by atoms with E-state index in [1.54, 1.807) is 17.3 Å². The maximum Gasteiger partial charge on any atom is 0.405 e. The molecule has 0 aromatic heterocycles. The summed E-state index contributed by atoms with van der Waals surface area (Å²) in [5.41, 5.74) is 5.51. The van der Waals surface area contributed by atoms with E-state index in [9.17, 15) is 18.0 Å². The molecule has 96 valence electrons. The SMILES string of the molecule is CC(N)CCN(C)CC(=O)NCC(F)(F)F. The topological polar surface area (TPSA) is 58.4 Å². The third-order valence-corrected chi connectivity index (χ3v) is 1.87. The van der Waals surface area contributed by atoms with Crippen LogP contribution in [-0.4, -0.2) is 49.7 Å². The summed E-state index contributed by atoms with van der Waals surface area (Å²) in [7, 11) is 1.66. The molecule has 0 radical (unpaired) electrons. The first-order valence-corrected chi connectivity index (χ1v) is 4.98. The Morgan fingerprint density at radius 2 is 2.06 bits per heavy atom. The molecule has 0 rings (SSSR count). The first-order chi connectivity index (χ1) is 7.20. The third kappa shape index (κ3) is 9.72. The van der Waals surface area contributed by atoms with Crippen LogP contribution in [0.4, 0.5) is 13.2 Å². The van der Waals surface area contributed by atoms with Crippen LogP contribution in [0.1, 0.15) is 13.3 Å². The minimum atomic E-state index is -4.36. The van der Waals surface area contributed by atoms with Gasteiger partial charge in [-0.25, -0.2) is 0 Å². The predicted molar refractivity (Wildman–Crippen MR) is 54.8 cm³/mol. The summed E-state index contributed by atoms with van der Waals surface area (Å²) < 4.78 is 35.3. The number of rotatable bonds is 6. The molecule has 0 spiro atoms. The van der Waals surface area contributed by atoms with Gasteiger partial charge < -0.3 is 11.1 Å². The van der Waals surface area contributed by atoms with E-state index in [0.29, 0.717) is 13.0 Å². The number of hydrogen-bond acceptors (Lipinski definition) is 3. The fourth-order valence-electron chi connectivity index (χ4n) is 1.00. The van der Waals surface area contributed by atoms with Gasteiger partial charge in [-0.2, -0.15) is 13.2 Å². The number of nitrogens with zero attached hydrogens (tertiary/aromatic N) is 1. The molecule has 1 amide bonds. The lowest BCUT2D eigenvalue weighted by Crippen LogP contribution is -2.40. The lowest BCUT2D eigenvalue weighted by molar-refractivity contribution is -0.138. The highest BCUT2D eigenvalue weighted by Gasteiger charge is 2.27. The number of amides is 1. The number of nitrogens with one attached hydrogen (secondary N) is 1. The van der Waals surface area contributed by atoms with Crippen molar-refractivity contribution < 1.29 is 18.0 Å². The van der Waals surface area contributed by atoms with Crippen LogP contribution >= 0.6 is 0 Å². The number of alkyl halides is 3. The van der Waals surface area contributed by atoms with E-state index >= 15 is 0 Å². The zero-order valence-corrected chi connectivity index (χ0v) is 9.47. The molecular formula is C9H18F3N3O. The van der Waals surface area contributed by atoms with E-state index < -0.39 is 18.6 Å². The van der Waals surface area contributed by atoms with Crippen LogP contribution in [0.3, 0.4) is 0 Å². The Bertz CT molecular complexity index is 219. The Labute approximate surface area is 93.0 Å². The summed E-state index contributed by atoms with van der Waals surface area (Å²) in [6.07, 6.45) is -3.66. The van der Waals surface area contributed by atoms with Crippen molar-refractivity contribution in [2.75, 3.05) is 26.7 Å². The number of halogens is 3. The standard InChI is InChI=1S/C9H18F3N3O/c1-7(13)3-4-15(2)5-8(16)14-6-9(10,11)12/h7H,3-6,13H2,1-2H3,(H,14,16). The van der Waals surface area contributed by atoms with Gasteiger partial charge in [0.25, 0.3) is 0 Å². The van der Waals surface area contributed by atoms with Crippen molar-refractivity contribution in [1.29, 1.82) is 0 Å². The van der Waals surface area contributed by atoms with Crippen molar-refractivity contribution in [1.82, 2.24) is 10.2 Å². The van der Waals surface area contributed by atoms with Crippen molar-refractivity contribution in [3.8, 4) is 0 Å². The van der Waals surface area contributed by atoms with Gasteiger partial charge in [0.05, 0.1) is 6.54 Å². The molecule has 0 aliphatic rings. The smallest absolute Gasteiger partial charge is 0.346 e. The van der Waals surface area contributed by atoms with E-state index in [4.69, 9.17) is 5.73 Å². The van der Waals surface area contributed by atoms with E-state index in [1.165, 1.54) is 0 Å². The molecule has 0 saturated carbocycles. The monoisotopic (exact) mass is 241 g/mol. The van der Waals surface area contributed by atoms with Gasteiger partial charge in [0, 0.05) is 6.04 Å². The Balaban J connectivity index is 3.70. The van der Waals surface area contributed by atoms with Crippen LogP contribution in [0.2, 0.25) is 0 Å². The van der Waals surface area contributed by atoms with Crippen LogP contribution < -0.4 is 11.1 Å². The number of carbonyl (C=O) groups excluding carboxylic acids is 1. The second-order valence-corrected chi connectivity index (χ2v) is 3.90. The molecule has 4 nitrogen and oxygen atoms in total. The summed E-state index contributed by atoms with van der Waals surface area (Å²) in [5, 5.41) is 1.80. The minimum Gasteiger partial charge on any atom is -0.346 e. The Morgan fingerprint density at radius 3 is 2.50 bits per heavy atom. The molecule has 0 aliphatic carbocycles. The fraction of sp³-hybridized carbons (Fsp3) is 0.889. The molecule has 0 fully saturated rings. The van der Waals surface area contributed by atoms with Gasteiger partial charge in [0.1, 0.15) is 6.54 Å². The van der Waals surface area contributed by atoms with Crippen molar-refractivity contribution in [2.24, 2.45) is 5.73 Å². The number of hydrogen-bond donors (Lipinski definition) is 2. The lowest BCUT2D eigenvalue weighted by atomic mass is 10.2. The molecule has 0 bridgehead atoms. The predicted octanol–water partition coefficient (Wildman–Crippen LogP) is 0.334. The zero-order chi connectivity index (χ0) is 12.8. The van der Waals surface area contributed by atoms with Crippen molar-refractivity contribution >= 4 is 5.91 Å². The van der Waals surface area contributed by atoms with Gasteiger partial charge >= 0.3 is 6.18 Å². The van der Waals surface area contributed by atoms with E-state index in [2.05, 4.69) is 0 Å². The largest absolute Gasteiger partial charge is 0.405 e. The average molecular weight is 241 g/mol. The molecule has 0 saturated heterocycles. The maximum absolute atomic E-state index is 11.8. The molecule has 0 aliphatic heterocycles. The molecule has 3 N–H and O–H groups in total. The van der Waals surface area contributed by atoms with Crippen molar-refractivity contribution in [2.45, 2.75) is 25.6 Å². The molecule has 7 heteroatoms. The van der Waals surface area contributed by atoms with E-state index in [-0.39, 0.29) is 12.6 Å². The summed E-state index contributed by atoms with van der Waals surface area (Å²) in [4.78, 5) is 12.7. The molecule has 1 unspecified atom stereocenters. The highest BCUT2D eigenvalue weighted by Crippen LogP contribution is 2.11. The van der Waals surface area contributed by atoms with Crippen LogP contribution in [0.5, 0.6) is 0 Å². The maximum atomic E-state index is 11.8. The first-order valence-electron chi connectivity index (χ1n) is 4.98. The van der Waals surface area contributed by atoms with Gasteiger partial charge in [0.15, 0.2) is 0 Å². The van der Waals surface area contributed by atoms with Crippen LogP contribution in [-0.2, 0) is 4.79 Å². The Morgan fingerprint density at radius 1 is 1.50 bits per heavy atom. The van der Waals surface area contributed by atoms with Gasteiger partial charge in [-0.15, -0.1) is 0 Å². The number of carbonyl (C=O) groups is 1. The summed E-state index contributed by atoms with van der Waals surface area (Å²) in [6, 6.07) is 0.0145. The van der Waals surface area contributed by atoms with Crippen molar-refractivity contribution in [3.05, 3.63) is 0 Å². The van der Waals surface area contributed by atoms with Gasteiger partial charge in [-0.05, 0) is 26.9 Å². The number of nitrogens with two attached hydrogens (primary N) is 1. The summed E-state index contributed by atoms with van der Waals surface area (Å²) in [5.74, 6) is -0.635. The third-order valence-electron chi connectivity index (χ3n) is 1.87. The Hall–Kier alpha value is -0.820. The average Bonchev–Trinajstić information content (AvgIpc) is 2.10. The molecule has 0 aromatic rings. The van der Waals surface area contributed by atoms with Crippen LogP contribution in [0.15, 0.2) is 0 Å². The van der Waals surface area contributed by atoms with Crippen molar-refractivity contribution in [3.63, 3.8) is 0 Å². The highest BCUT2D eigenvalue weighted by atomic mass is 19.4. The highest BCUT2D eigenvalue weighted by molar-refractivity contribution is 5.77. The van der Waals surface area contributed by atoms with Gasteiger partial charge in [-0.1, -0.05) is 0 Å². The summed E-state index contributed by atoms with van der Waals surface area (Å²) in [6.45, 7) is 1.07. The molecule has 16 heavy (non-hydrogen) atoms. The molecular weight excluding hydrogens is 223 g/mol. The normalized spacial score (nSPS) is 13.9. The molecule has 1 atom stereocenters. The minimum absolute atomic E-state index is 0.0145. The quantitative estimate of drug-likeness (QED) is 0.704. The first kappa shape index (κ1) is 15.2. The molecule has 0 aromatic carbocycles. The second-order valence-electron chi connectivity index (χ2n) is 3.90. The van der Waals surface area contributed by atoms with E-state index in [0.717, 1.165) is 0 Å². The van der Waals surface area contributed by atoms with Gasteiger partial charge in [0.2, 0.25) is 5.91 Å². The van der Waals surface area contributed by atoms with Crippen LogP contribution in [0, 0.1) is 0 Å². The summed E-state index contributed by atoms with van der Waals surface area (Å²) >= 11 is 0. The second kappa shape index (κ2) is 6.70. The van der Waals surface area contributed by atoms with Crippen LogP contribution in [0.25, 0.3) is 0 Å².